The average Bonchev–Trinajstić information content (AvgIpc) is 3.28. The van der Waals surface area contributed by atoms with Crippen molar-refractivity contribution < 1.29 is 19.0 Å². The molecule has 0 heterocycles. The summed E-state index contributed by atoms with van der Waals surface area (Å²) in [5, 5.41) is 0. The predicted molar refractivity (Wildman–Crippen MR) is 140 cm³/mol. The van der Waals surface area contributed by atoms with Crippen LogP contribution in [0, 0.1) is 22.7 Å². The van der Waals surface area contributed by atoms with Gasteiger partial charge in [0.2, 0.25) is 0 Å². The molecule has 2 fully saturated rings. The molecule has 4 heteroatoms. The third kappa shape index (κ3) is 2.77. The Morgan fingerprint density at radius 2 is 1.83 bits per heavy atom. The summed E-state index contributed by atoms with van der Waals surface area (Å²) >= 11 is 0. The fourth-order valence-electron chi connectivity index (χ4n) is 9.59. The van der Waals surface area contributed by atoms with Crippen LogP contribution in [0.15, 0.2) is 60.7 Å². The summed E-state index contributed by atoms with van der Waals surface area (Å²) in [6, 6.07) is 17.6. The fraction of sp³-hybridized carbons (Fsp3) is 0.531. The van der Waals surface area contributed by atoms with Crippen LogP contribution >= 0.6 is 0 Å². The first kappa shape index (κ1) is 23.8. The fourth-order valence-corrected chi connectivity index (χ4v) is 9.59. The van der Waals surface area contributed by atoms with E-state index in [4.69, 9.17) is 14.2 Å². The van der Waals surface area contributed by atoms with Crippen LogP contribution < -0.4 is 4.74 Å². The van der Waals surface area contributed by atoms with Crippen LogP contribution in [0.3, 0.4) is 0 Å². The van der Waals surface area contributed by atoms with E-state index in [0.717, 1.165) is 31.4 Å². The summed E-state index contributed by atoms with van der Waals surface area (Å²) in [5.41, 5.74) is 3.82. The molecule has 36 heavy (non-hydrogen) atoms. The predicted octanol–water partition coefficient (Wildman–Crippen LogP) is 6.23. The van der Waals surface area contributed by atoms with Crippen molar-refractivity contribution in [2.24, 2.45) is 22.7 Å². The van der Waals surface area contributed by atoms with Crippen molar-refractivity contribution in [1.82, 2.24) is 0 Å². The van der Waals surface area contributed by atoms with Crippen molar-refractivity contribution in [3.63, 3.8) is 0 Å². The summed E-state index contributed by atoms with van der Waals surface area (Å²) in [4.78, 5) is 12.2. The minimum atomic E-state index is -0.255. The monoisotopic (exact) mass is 486 g/mol. The molecule has 4 aliphatic rings. The molecule has 0 unspecified atom stereocenters. The van der Waals surface area contributed by atoms with Gasteiger partial charge in [0.15, 0.2) is 0 Å². The van der Waals surface area contributed by atoms with E-state index in [9.17, 15) is 4.79 Å². The molecule has 2 aromatic rings. The molecule has 0 radical (unpaired) electrons. The van der Waals surface area contributed by atoms with Gasteiger partial charge in [-0.25, -0.2) is 0 Å². The number of rotatable bonds is 5. The first-order valence-corrected chi connectivity index (χ1v) is 13.5. The zero-order chi connectivity index (χ0) is 25.3. The maximum Gasteiger partial charge on any atom is 0.302 e. The molecule has 2 saturated carbocycles. The van der Waals surface area contributed by atoms with Crippen molar-refractivity contribution in [2.75, 3.05) is 14.2 Å². The zero-order valence-electron chi connectivity index (χ0n) is 22.1. The highest BCUT2D eigenvalue weighted by atomic mass is 16.5. The quantitative estimate of drug-likeness (QED) is 0.371. The first-order chi connectivity index (χ1) is 17.3. The minimum Gasteiger partial charge on any atom is -0.497 e. The second kappa shape index (κ2) is 8.21. The topological polar surface area (TPSA) is 44.8 Å². The Balaban J connectivity index is 1.54. The standard InChI is InChI=1S/C32H38O4/c1-20(36-21(2)33)28-29(35-5)32-18-17-31(28,23-9-7-6-8-10-23)30(32,3)16-15-26-25-13-12-24(34-4)19-22(25)11-14-27(26)32/h6-10,12-13,17-20,26-29H,11,14-16H2,1-5H3/t20-,26+,27+,28+,29-,30+,31-,32+/m0/s1. The van der Waals surface area contributed by atoms with E-state index in [1.54, 1.807) is 7.11 Å². The molecule has 0 amide bonds. The van der Waals surface area contributed by atoms with Gasteiger partial charge in [-0.1, -0.05) is 55.5 Å². The van der Waals surface area contributed by atoms with Gasteiger partial charge in [0.05, 0.1) is 13.2 Å². The normalized spacial score (nSPS) is 38.6. The van der Waals surface area contributed by atoms with E-state index in [1.165, 1.54) is 23.6 Å². The molecule has 0 aromatic heterocycles. The number of carbonyl (C=O) groups excluding carboxylic acids is 1. The number of methoxy groups -OCH3 is 2. The summed E-state index contributed by atoms with van der Waals surface area (Å²) in [6.45, 7) is 6.10. The van der Waals surface area contributed by atoms with Crippen LogP contribution in [0.5, 0.6) is 5.75 Å². The Bertz CT molecular complexity index is 1200. The molecule has 2 bridgehead atoms. The molecule has 0 saturated heterocycles. The molecule has 4 nitrogen and oxygen atoms in total. The SMILES string of the molecule is COc1ccc2c(c1)CC[C@@H]1[C@@H]2CC[C@@]2(C)[C@]13C=C[C@]2(c1ccccc1)[C@H]([C@H](C)OC(C)=O)[C@@H]3OC. The van der Waals surface area contributed by atoms with E-state index < -0.39 is 0 Å². The smallest absolute Gasteiger partial charge is 0.302 e. The number of esters is 1. The number of hydrogen-bond donors (Lipinski definition) is 0. The maximum atomic E-state index is 12.2. The molecule has 0 N–H and O–H groups in total. The zero-order valence-corrected chi connectivity index (χ0v) is 22.1. The third-order valence-corrected chi connectivity index (χ3v) is 10.7. The Morgan fingerprint density at radius 1 is 1.06 bits per heavy atom. The van der Waals surface area contributed by atoms with Crippen molar-refractivity contribution in [1.29, 1.82) is 0 Å². The minimum absolute atomic E-state index is 0.0327. The highest BCUT2D eigenvalue weighted by molar-refractivity contribution is 5.66. The van der Waals surface area contributed by atoms with E-state index in [2.05, 4.69) is 74.5 Å². The molecule has 4 aliphatic carbocycles. The number of fused-ring (bicyclic) bond motifs is 3. The lowest BCUT2D eigenvalue weighted by molar-refractivity contribution is -0.153. The van der Waals surface area contributed by atoms with Gasteiger partial charge >= 0.3 is 5.97 Å². The van der Waals surface area contributed by atoms with Gasteiger partial charge < -0.3 is 14.2 Å². The number of benzene rings is 2. The molecule has 190 valence electrons. The van der Waals surface area contributed by atoms with E-state index in [-0.39, 0.29) is 40.3 Å². The number of ether oxygens (including phenoxy) is 3. The third-order valence-electron chi connectivity index (χ3n) is 10.7. The molecule has 0 spiro atoms. The summed E-state index contributed by atoms with van der Waals surface area (Å²) in [7, 11) is 3.61. The van der Waals surface area contributed by atoms with E-state index in [0.29, 0.717) is 11.8 Å². The molecule has 6 rings (SSSR count). The lowest BCUT2D eigenvalue weighted by Crippen LogP contribution is -2.54. The number of hydrogen-bond acceptors (Lipinski definition) is 4. The van der Waals surface area contributed by atoms with Gasteiger partial charge in [0, 0.05) is 30.8 Å². The highest BCUT2D eigenvalue weighted by Gasteiger charge is 2.80. The number of carbonyl (C=O) groups is 1. The summed E-state index contributed by atoms with van der Waals surface area (Å²) in [5.74, 6) is 1.72. The lowest BCUT2D eigenvalue weighted by Gasteiger charge is -2.58. The molecular formula is C32H38O4. The largest absolute Gasteiger partial charge is 0.497 e. The molecule has 2 aromatic carbocycles. The van der Waals surface area contributed by atoms with Gasteiger partial charge in [-0.05, 0) is 78.7 Å². The van der Waals surface area contributed by atoms with E-state index >= 15 is 0 Å². The summed E-state index contributed by atoms with van der Waals surface area (Å²) < 4.78 is 18.1. The van der Waals surface area contributed by atoms with Crippen LogP contribution in [0.1, 0.15) is 62.6 Å². The Labute approximate surface area is 215 Å². The second-order valence-corrected chi connectivity index (χ2v) is 11.7. The van der Waals surface area contributed by atoms with Gasteiger partial charge in [0.1, 0.15) is 11.9 Å². The molecular weight excluding hydrogens is 448 g/mol. The van der Waals surface area contributed by atoms with Crippen LogP contribution in [-0.4, -0.2) is 32.4 Å². The van der Waals surface area contributed by atoms with E-state index in [1.807, 2.05) is 7.11 Å². The van der Waals surface area contributed by atoms with Crippen LogP contribution in [0.4, 0.5) is 0 Å². The number of aryl methyl sites for hydroxylation is 1. The lowest BCUT2D eigenvalue weighted by atomic mass is 9.45. The average molecular weight is 487 g/mol. The maximum absolute atomic E-state index is 12.2. The Kier molecular flexibility index (Phi) is 5.42. The molecule has 8 atom stereocenters. The molecule has 0 aliphatic heterocycles. The highest BCUT2D eigenvalue weighted by Crippen LogP contribution is 2.80. The van der Waals surface area contributed by atoms with Crippen LogP contribution in [0.2, 0.25) is 0 Å². The van der Waals surface area contributed by atoms with Crippen LogP contribution in [0.25, 0.3) is 0 Å². The van der Waals surface area contributed by atoms with Crippen molar-refractivity contribution in [2.45, 2.75) is 70.0 Å². The summed E-state index contributed by atoms with van der Waals surface area (Å²) in [6.07, 6.45) is 9.19. The van der Waals surface area contributed by atoms with Crippen molar-refractivity contribution >= 4 is 5.97 Å². The number of allylic oxidation sites excluding steroid dienone is 1. The van der Waals surface area contributed by atoms with Crippen molar-refractivity contribution in [3.05, 3.63) is 77.4 Å². The van der Waals surface area contributed by atoms with Gasteiger partial charge in [-0.3, -0.25) is 4.79 Å². The first-order valence-electron chi connectivity index (χ1n) is 13.5. The van der Waals surface area contributed by atoms with Crippen LogP contribution in [-0.2, 0) is 26.1 Å². The second-order valence-electron chi connectivity index (χ2n) is 11.7. The Hall–Kier alpha value is -2.59. The van der Waals surface area contributed by atoms with Gasteiger partial charge in [-0.2, -0.15) is 0 Å². The van der Waals surface area contributed by atoms with Crippen molar-refractivity contribution in [3.8, 4) is 5.75 Å². The van der Waals surface area contributed by atoms with Gasteiger partial charge in [-0.15, -0.1) is 0 Å². The Morgan fingerprint density at radius 3 is 2.53 bits per heavy atom. The van der Waals surface area contributed by atoms with Gasteiger partial charge in [0.25, 0.3) is 0 Å².